The van der Waals surface area contributed by atoms with Gasteiger partial charge in [0.1, 0.15) is 12.3 Å². The van der Waals surface area contributed by atoms with Crippen LogP contribution in [-0.4, -0.2) is 43.1 Å². The average molecular weight is 279 g/mol. The van der Waals surface area contributed by atoms with Crippen molar-refractivity contribution in [2.45, 2.75) is 20.8 Å². The molecule has 1 amide bonds. The van der Waals surface area contributed by atoms with Crippen molar-refractivity contribution < 1.29 is 19.1 Å². The minimum Gasteiger partial charge on any atom is -0.484 e. The Bertz CT molecular complexity index is 442. The molecule has 0 radical (unpaired) electrons. The Morgan fingerprint density at radius 1 is 1.15 bits per heavy atom. The summed E-state index contributed by atoms with van der Waals surface area (Å²) in [6.07, 6.45) is 0. The Hall–Kier alpha value is -2.04. The second-order valence-electron chi connectivity index (χ2n) is 4.31. The number of amides is 1. The van der Waals surface area contributed by atoms with Crippen LogP contribution in [0.25, 0.3) is 0 Å². The molecule has 0 atom stereocenters. The second kappa shape index (κ2) is 8.19. The van der Waals surface area contributed by atoms with Gasteiger partial charge in [-0.25, -0.2) is 0 Å². The Balaban J connectivity index is 2.46. The molecule has 0 heterocycles. The number of likely N-dealkylation sites (N-methyl/N-ethyl adjacent to an activating group) is 1. The lowest BCUT2D eigenvalue weighted by Crippen LogP contribution is -2.39. The van der Waals surface area contributed by atoms with Crippen LogP contribution in [0.15, 0.2) is 24.3 Å². The molecule has 0 aliphatic rings. The molecule has 0 aliphatic heterocycles. The van der Waals surface area contributed by atoms with Gasteiger partial charge in [-0.15, -0.1) is 0 Å². The van der Waals surface area contributed by atoms with Crippen molar-refractivity contribution in [3.8, 4) is 5.75 Å². The molecule has 0 aliphatic carbocycles. The summed E-state index contributed by atoms with van der Waals surface area (Å²) in [6.45, 7) is 6.14. The van der Waals surface area contributed by atoms with Crippen molar-refractivity contribution >= 4 is 11.9 Å². The Morgan fingerprint density at radius 2 is 1.80 bits per heavy atom. The molecule has 0 saturated heterocycles. The highest BCUT2D eigenvalue weighted by Gasteiger charge is 2.16. The summed E-state index contributed by atoms with van der Waals surface area (Å²) >= 11 is 0. The van der Waals surface area contributed by atoms with E-state index >= 15 is 0 Å². The standard InChI is InChI=1S/C15H21NO4/c1-4-16(10-15(18)19-5-2)14(17)11-20-13-8-6-12(3)7-9-13/h6-9H,4-5,10-11H2,1-3H3. The van der Waals surface area contributed by atoms with Crippen molar-refractivity contribution in [3.63, 3.8) is 0 Å². The molecular weight excluding hydrogens is 258 g/mol. The molecule has 1 aromatic rings. The third kappa shape index (κ3) is 5.30. The van der Waals surface area contributed by atoms with Crippen molar-refractivity contribution in [2.24, 2.45) is 0 Å². The largest absolute Gasteiger partial charge is 0.484 e. The van der Waals surface area contributed by atoms with E-state index in [1.807, 2.05) is 38.1 Å². The summed E-state index contributed by atoms with van der Waals surface area (Å²) in [5.74, 6) is -0.00435. The molecule has 20 heavy (non-hydrogen) atoms. The third-order valence-electron chi connectivity index (χ3n) is 2.74. The molecule has 0 N–H and O–H groups in total. The number of carbonyl (C=O) groups excluding carboxylic acids is 2. The van der Waals surface area contributed by atoms with Gasteiger partial charge in [-0.1, -0.05) is 17.7 Å². The van der Waals surface area contributed by atoms with Crippen LogP contribution in [0.3, 0.4) is 0 Å². The SMILES string of the molecule is CCOC(=O)CN(CC)C(=O)COc1ccc(C)cc1. The zero-order valence-corrected chi connectivity index (χ0v) is 12.2. The molecule has 5 heteroatoms. The van der Waals surface area contributed by atoms with Gasteiger partial charge in [-0.2, -0.15) is 0 Å². The highest BCUT2D eigenvalue weighted by molar-refractivity contribution is 5.83. The van der Waals surface area contributed by atoms with E-state index in [1.165, 1.54) is 4.90 Å². The van der Waals surface area contributed by atoms with E-state index in [0.29, 0.717) is 18.9 Å². The minimum absolute atomic E-state index is 0.0412. The first-order valence-corrected chi connectivity index (χ1v) is 6.69. The summed E-state index contributed by atoms with van der Waals surface area (Å²) in [4.78, 5) is 24.7. The molecule has 0 fully saturated rings. The van der Waals surface area contributed by atoms with Crippen LogP contribution in [0.2, 0.25) is 0 Å². The molecule has 0 aromatic heterocycles. The maximum Gasteiger partial charge on any atom is 0.325 e. The number of ether oxygens (including phenoxy) is 2. The van der Waals surface area contributed by atoms with E-state index in [-0.39, 0.29) is 19.1 Å². The Labute approximate surface area is 119 Å². The highest BCUT2D eigenvalue weighted by Crippen LogP contribution is 2.11. The first-order chi connectivity index (χ1) is 9.56. The number of aryl methyl sites for hydroxylation is 1. The Kier molecular flexibility index (Phi) is 6.56. The predicted molar refractivity (Wildman–Crippen MR) is 75.6 cm³/mol. The van der Waals surface area contributed by atoms with Crippen LogP contribution in [0, 0.1) is 6.92 Å². The molecule has 1 rings (SSSR count). The average Bonchev–Trinajstić information content (AvgIpc) is 2.44. The number of carbonyl (C=O) groups is 2. The van der Waals surface area contributed by atoms with Gasteiger partial charge in [0.2, 0.25) is 0 Å². The number of hydrogen-bond donors (Lipinski definition) is 0. The zero-order valence-electron chi connectivity index (χ0n) is 12.2. The summed E-state index contributed by atoms with van der Waals surface area (Å²) in [6, 6.07) is 7.44. The lowest BCUT2D eigenvalue weighted by Gasteiger charge is -2.19. The van der Waals surface area contributed by atoms with Crippen molar-refractivity contribution in [1.82, 2.24) is 4.90 Å². The second-order valence-corrected chi connectivity index (χ2v) is 4.31. The summed E-state index contributed by atoms with van der Waals surface area (Å²) in [7, 11) is 0. The third-order valence-corrected chi connectivity index (χ3v) is 2.74. The number of hydrogen-bond acceptors (Lipinski definition) is 4. The van der Waals surface area contributed by atoms with E-state index < -0.39 is 5.97 Å². The van der Waals surface area contributed by atoms with E-state index in [9.17, 15) is 9.59 Å². The summed E-state index contributed by atoms with van der Waals surface area (Å²) < 4.78 is 10.2. The lowest BCUT2D eigenvalue weighted by atomic mass is 10.2. The Morgan fingerprint density at radius 3 is 2.35 bits per heavy atom. The zero-order chi connectivity index (χ0) is 15.0. The van der Waals surface area contributed by atoms with Crippen LogP contribution >= 0.6 is 0 Å². The van der Waals surface area contributed by atoms with Crippen LogP contribution in [0.5, 0.6) is 5.75 Å². The van der Waals surface area contributed by atoms with E-state index in [2.05, 4.69) is 0 Å². The minimum atomic E-state index is -0.405. The van der Waals surface area contributed by atoms with Gasteiger partial charge in [-0.05, 0) is 32.9 Å². The molecular formula is C15H21NO4. The van der Waals surface area contributed by atoms with Crippen molar-refractivity contribution in [3.05, 3.63) is 29.8 Å². The monoisotopic (exact) mass is 279 g/mol. The van der Waals surface area contributed by atoms with Gasteiger partial charge in [0, 0.05) is 6.54 Å². The number of benzene rings is 1. The van der Waals surface area contributed by atoms with Crippen LogP contribution in [-0.2, 0) is 14.3 Å². The van der Waals surface area contributed by atoms with E-state index in [4.69, 9.17) is 9.47 Å². The molecule has 0 saturated carbocycles. The van der Waals surface area contributed by atoms with Crippen LogP contribution < -0.4 is 4.74 Å². The van der Waals surface area contributed by atoms with Gasteiger partial charge in [0.05, 0.1) is 6.61 Å². The summed E-state index contributed by atoms with van der Waals surface area (Å²) in [5, 5.41) is 0. The fraction of sp³-hybridized carbons (Fsp3) is 0.467. The van der Waals surface area contributed by atoms with Gasteiger partial charge in [-0.3, -0.25) is 9.59 Å². The van der Waals surface area contributed by atoms with Crippen LogP contribution in [0.1, 0.15) is 19.4 Å². The maximum atomic E-state index is 11.9. The fourth-order valence-electron chi connectivity index (χ4n) is 1.61. The molecule has 0 spiro atoms. The van der Waals surface area contributed by atoms with Crippen molar-refractivity contribution in [1.29, 1.82) is 0 Å². The van der Waals surface area contributed by atoms with Gasteiger partial charge < -0.3 is 14.4 Å². The molecule has 0 bridgehead atoms. The smallest absolute Gasteiger partial charge is 0.325 e. The first-order valence-electron chi connectivity index (χ1n) is 6.69. The highest BCUT2D eigenvalue weighted by atomic mass is 16.5. The molecule has 0 unspecified atom stereocenters. The van der Waals surface area contributed by atoms with Gasteiger partial charge in [0.15, 0.2) is 6.61 Å². The maximum absolute atomic E-state index is 11.9. The predicted octanol–water partition coefficient (Wildman–Crippen LogP) is 1.79. The lowest BCUT2D eigenvalue weighted by molar-refractivity contribution is -0.149. The number of rotatable bonds is 7. The van der Waals surface area contributed by atoms with Gasteiger partial charge in [0.25, 0.3) is 5.91 Å². The number of esters is 1. The normalized spacial score (nSPS) is 9.95. The quantitative estimate of drug-likeness (QED) is 0.714. The topological polar surface area (TPSA) is 55.8 Å². The molecule has 110 valence electrons. The summed E-state index contributed by atoms with van der Waals surface area (Å²) in [5.41, 5.74) is 1.13. The van der Waals surface area contributed by atoms with Crippen molar-refractivity contribution in [2.75, 3.05) is 26.3 Å². The van der Waals surface area contributed by atoms with Crippen LogP contribution in [0.4, 0.5) is 0 Å². The molecule has 5 nitrogen and oxygen atoms in total. The first kappa shape index (κ1) is 16.0. The fourth-order valence-corrected chi connectivity index (χ4v) is 1.61. The number of nitrogens with zero attached hydrogens (tertiary/aromatic N) is 1. The molecule has 1 aromatic carbocycles. The van der Waals surface area contributed by atoms with E-state index in [1.54, 1.807) is 6.92 Å². The van der Waals surface area contributed by atoms with E-state index in [0.717, 1.165) is 5.56 Å². The van der Waals surface area contributed by atoms with Gasteiger partial charge >= 0.3 is 5.97 Å².